The van der Waals surface area contributed by atoms with Crippen LogP contribution in [0.3, 0.4) is 0 Å². The number of para-hydroxylation sites is 1. The Kier molecular flexibility index (Phi) is 5.91. The molecule has 27 heavy (non-hydrogen) atoms. The molecule has 0 saturated carbocycles. The number of carbonyl (C=O) groups excluding carboxylic acids is 1. The van der Waals surface area contributed by atoms with Gasteiger partial charge in [0.1, 0.15) is 5.82 Å². The molecule has 0 atom stereocenters. The zero-order chi connectivity index (χ0) is 19.2. The first-order chi connectivity index (χ1) is 13.2. The predicted octanol–water partition coefficient (Wildman–Crippen LogP) is 4.77. The second kappa shape index (κ2) is 8.54. The van der Waals surface area contributed by atoms with Gasteiger partial charge >= 0.3 is 5.97 Å². The standard InChI is InChI=1S/C22H25N3O2/c1-4-24-19-13-12-17(22(26)27-6-3)16-20(19)25(5-2)21(24)14-15-23-18-10-8-7-9-11-18/h7-16H,4-6H2,1-3H3/b21-14-,23-15?. The van der Waals surface area contributed by atoms with Crippen LogP contribution in [0.4, 0.5) is 17.1 Å². The molecule has 0 radical (unpaired) electrons. The molecule has 1 aliphatic rings. The van der Waals surface area contributed by atoms with E-state index in [9.17, 15) is 4.79 Å². The lowest BCUT2D eigenvalue weighted by molar-refractivity contribution is 0.0526. The van der Waals surface area contributed by atoms with Crippen LogP contribution in [-0.4, -0.2) is 31.9 Å². The summed E-state index contributed by atoms with van der Waals surface area (Å²) >= 11 is 0. The number of hydrogen-bond acceptors (Lipinski definition) is 5. The third kappa shape index (κ3) is 3.87. The van der Waals surface area contributed by atoms with Crippen molar-refractivity contribution in [2.75, 3.05) is 29.5 Å². The highest BCUT2D eigenvalue weighted by molar-refractivity contribution is 5.95. The van der Waals surface area contributed by atoms with Crippen LogP contribution in [0.2, 0.25) is 0 Å². The van der Waals surface area contributed by atoms with E-state index in [4.69, 9.17) is 4.74 Å². The van der Waals surface area contributed by atoms with Crippen molar-refractivity contribution in [3.63, 3.8) is 0 Å². The molecule has 0 spiro atoms. The molecule has 5 heteroatoms. The molecule has 0 bridgehead atoms. The Bertz CT molecular complexity index is 859. The third-order valence-corrected chi connectivity index (χ3v) is 4.46. The van der Waals surface area contributed by atoms with Crippen molar-refractivity contribution in [2.45, 2.75) is 20.8 Å². The highest BCUT2D eigenvalue weighted by atomic mass is 16.5. The molecule has 0 aromatic heterocycles. The van der Waals surface area contributed by atoms with E-state index in [1.165, 1.54) is 0 Å². The quantitative estimate of drug-likeness (QED) is 0.548. The van der Waals surface area contributed by atoms with E-state index in [1.54, 1.807) is 0 Å². The largest absolute Gasteiger partial charge is 0.462 e. The Morgan fingerprint density at radius 1 is 1.00 bits per heavy atom. The number of carbonyl (C=O) groups is 1. The van der Waals surface area contributed by atoms with E-state index >= 15 is 0 Å². The van der Waals surface area contributed by atoms with Crippen molar-refractivity contribution in [1.29, 1.82) is 0 Å². The SMILES string of the molecule is CCOC(=O)c1ccc2c(c1)N(CC)/C(=C\C=Nc1ccccc1)N2CC. The fraction of sp³-hybridized carbons (Fsp3) is 0.273. The van der Waals surface area contributed by atoms with Crippen LogP contribution in [0.25, 0.3) is 0 Å². The van der Waals surface area contributed by atoms with Gasteiger partial charge in [0.25, 0.3) is 0 Å². The first-order valence-corrected chi connectivity index (χ1v) is 9.35. The fourth-order valence-electron chi connectivity index (χ4n) is 3.25. The van der Waals surface area contributed by atoms with Crippen molar-refractivity contribution >= 4 is 29.2 Å². The van der Waals surface area contributed by atoms with Gasteiger partial charge in [0.15, 0.2) is 0 Å². The molecule has 0 N–H and O–H groups in total. The van der Waals surface area contributed by atoms with Gasteiger partial charge in [0.2, 0.25) is 0 Å². The normalized spacial score (nSPS) is 14.9. The Morgan fingerprint density at radius 3 is 2.37 bits per heavy atom. The monoisotopic (exact) mass is 363 g/mol. The van der Waals surface area contributed by atoms with Crippen LogP contribution in [0.5, 0.6) is 0 Å². The lowest BCUT2D eigenvalue weighted by Crippen LogP contribution is -2.28. The van der Waals surface area contributed by atoms with Crippen LogP contribution in [0, 0.1) is 0 Å². The molecule has 3 rings (SSSR count). The first kappa shape index (κ1) is 18.7. The van der Waals surface area contributed by atoms with Gasteiger partial charge in [-0.25, -0.2) is 4.79 Å². The van der Waals surface area contributed by atoms with Gasteiger partial charge in [-0.2, -0.15) is 0 Å². The second-order valence-corrected chi connectivity index (χ2v) is 6.05. The van der Waals surface area contributed by atoms with E-state index in [0.29, 0.717) is 12.2 Å². The number of nitrogens with zero attached hydrogens (tertiary/aromatic N) is 3. The van der Waals surface area contributed by atoms with Crippen molar-refractivity contribution in [1.82, 2.24) is 0 Å². The van der Waals surface area contributed by atoms with Crippen LogP contribution in [0.15, 0.2) is 65.4 Å². The lowest BCUT2D eigenvalue weighted by atomic mass is 10.1. The number of allylic oxidation sites excluding steroid dienone is 1. The Balaban J connectivity index is 1.94. The molecule has 0 amide bonds. The predicted molar refractivity (Wildman–Crippen MR) is 111 cm³/mol. The number of anilines is 2. The zero-order valence-corrected chi connectivity index (χ0v) is 16.1. The molecule has 1 heterocycles. The minimum absolute atomic E-state index is 0.289. The summed E-state index contributed by atoms with van der Waals surface area (Å²) in [6.45, 7) is 8.02. The average molecular weight is 363 g/mol. The number of benzene rings is 2. The van der Waals surface area contributed by atoms with Gasteiger partial charge < -0.3 is 14.5 Å². The second-order valence-electron chi connectivity index (χ2n) is 6.05. The van der Waals surface area contributed by atoms with Gasteiger partial charge in [0.05, 0.1) is 29.2 Å². The molecule has 140 valence electrons. The van der Waals surface area contributed by atoms with Crippen molar-refractivity contribution in [3.05, 3.63) is 66.0 Å². The van der Waals surface area contributed by atoms with Crippen molar-refractivity contribution in [2.24, 2.45) is 4.99 Å². The molecule has 0 saturated heterocycles. The highest BCUT2D eigenvalue weighted by Crippen LogP contribution is 2.41. The summed E-state index contributed by atoms with van der Waals surface area (Å²) in [7, 11) is 0. The summed E-state index contributed by atoms with van der Waals surface area (Å²) in [4.78, 5) is 21.0. The van der Waals surface area contributed by atoms with E-state index in [2.05, 4.69) is 28.6 Å². The maximum absolute atomic E-state index is 12.1. The number of aliphatic imine (C=N–C) groups is 1. The van der Waals surface area contributed by atoms with Crippen molar-refractivity contribution < 1.29 is 9.53 Å². The summed E-state index contributed by atoms with van der Waals surface area (Å²) in [5, 5.41) is 0. The fourth-order valence-corrected chi connectivity index (χ4v) is 3.25. The average Bonchev–Trinajstić information content (AvgIpc) is 3.00. The zero-order valence-electron chi connectivity index (χ0n) is 16.1. The number of esters is 1. The van der Waals surface area contributed by atoms with Crippen LogP contribution >= 0.6 is 0 Å². The van der Waals surface area contributed by atoms with Gasteiger partial charge in [-0.15, -0.1) is 0 Å². The molecule has 0 unspecified atom stereocenters. The molecule has 2 aromatic carbocycles. The smallest absolute Gasteiger partial charge is 0.338 e. The molecule has 0 fully saturated rings. The summed E-state index contributed by atoms with van der Waals surface area (Å²) in [6.07, 6.45) is 3.85. The Morgan fingerprint density at radius 2 is 1.70 bits per heavy atom. The Hall–Kier alpha value is -3.08. The summed E-state index contributed by atoms with van der Waals surface area (Å²) in [5.41, 5.74) is 3.60. The van der Waals surface area contributed by atoms with Crippen LogP contribution < -0.4 is 9.80 Å². The van der Waals surface area contributed by atoms with E-state index in [-0.39, 0.29) is 5.97 Å². The number of hydrogen-bond donors (Lipinski definition) is 0. The molecule has 2 aromatic rings. The van der Waals surface area contributed by atoms with Gasteiger partial charge in [-0.05, 0) is 57.2 Å². The maximum Gasteiger partial charge on any atom is 0.338 e. The molecular weight excluding hydrogens is 338 g/mol. The summed E-state index contributed by atoms with van der Waals surface area (Å²) in [6, 6.07) is 15.6. The van der Waals surface area contributed by atoms with Gasteiger partial charge in [0, 0.05) is 19.3 Å². The Labute approximate surface area is 160 Å². The first-order valence-electron chi connectivity index (χ1n) is 9.35. The molecule has 0 aliphatic carbocycles. The van der Waals surface area contributed by atoms with E-state index in [0.717, 1.165) is 36.0 Å². The van der Waals surface area contributed by atoms with Crippen LogP contribution in [0.1, 0.15) is 31.1 Å². The van der Waals surface area contributed by atoms with Gasteiger partial charge in [-0.3, -0.25) is 4.99 Å². The van der Waals surface area contributed by atoms with E-state index < -0.39 is 0 Å². The van der Waals surface area contributed by atoms with Gasteiger partial charge in [-0.1, -0.05) is 18.2 Å². The maximum atomic E-state index is 12.1. The number of rotatable bonds is 6. The summed E-state index contributed by atoms with van der Waals surface area (Å²) in [5.74, 6) is 0.762. The highest BCUT2D eigenvalue weighted by Gasteiger charge is 2.30. The van der Waals surface area contributed by atoms with E-state index in [1.807, 2.05) is 67.7 Å². The minimum atomic E-state index is -0.289. The third-order valence-electron chi connectivity index (χ3n) is 4.46. The molecular formula is C22H25N3O2. The minimum Gasteiger partial charge on any atom is -0.462 e. The topological polar surface area (TPSA) is 45.1 Å². The van der Waals surface area contributed by atoms with Crippen molar-refractivity contribution in [3.8, 4) is 0 Å². The van der Waals surface area contributed by atoms with Crippen LogP contribution in [-0.2, 0) is 4.74 Å². The molecule has 1 aliphatic heterocycles. The summed E-state index contributed by atoms with van der Waals surface area (Å²) < 4.78 is 5.14. The lowest BCUT2D eigenvalue weighted by Gasteiger charge is -2.22. The number of fused-ring (bicyclic) bond motifs is 1. The number of ether oxygens (including phenoxy) is 1. The molecule has 5 nitrogen and oxygen atoms in total.